The summed E-state index contributed by atoms with van der Waals surface area (Å²) in [6.45, 7) is 6.19. The van der Waals surface area contributed by atoms with E-state index in [1.54, 1.807) is 0 Å². The van der Waals surface area contributed by atoms with Crippen molar-refractivity contribution in [2.45, 2.75) is 51.4 Å². The first-order valence-corrected chi connectivity index (χ1v) is 9.34. The van der Waals surface area contributed by atoms with Crippen LogP contribution in [-0.2, 0) is 6.42 Å². The number of carbonyl (C=O) groups excluding carboxylic acids is 1. The lowest BCUT2D eigenvalue weighted by Gasteiger charge is -2.42. The molecule has 1 heterocycles. The highest BCUT2D eigenvalue weighted by Crippen LogP contribution is 2.40. The molecule has 0 saturated carbocycles. The second-order valence-corrected chi connectivity index (χ2v) is 7.49. The number of aliphatic hydroxyl groups is 1. The van der Waals surface area contributed by atoms with Gasteiger partial charge in [-0.3, -0.25) is 4.79 Å². The molecule has 1 aliphatic heterocycles. The van der Waals surface area contributed by atoms with Gasteiger partial charge >= 0.3 is 0 Å². The molecule has 144 valence electrons. The summed E-state index contributed by atoms with van der Waals surface area (Å²) in [6.07, 6.45) is 0.402. The highest BCUT2D eigenvalue weighted by Gasteiger charge is 2.42. The predicted octanol–water partition coefficient (Wildman–Crippen LogP) is 3.82. The summed E-state index contributed by atoms with van der Waals surface area (Å²) in [4.78, 5) is 12.3. The highest BCUT2D eigenvalue weighted by atomic mass is 19.1. The lowest BCUT2D eigenvalue weighted by Crippen LogP contribution is -2.52. The topological polar surface area (TPSA) is 58.6 Å². The van der Waals surface area contributed by atoms with Crippen molar-refractivity contribution in [2.75, 3.05) is 6.54 Å². The van der Waals surface area contributed by atoms with Crippen molar-refractivity contribution in [3.8, 4) is 5.75 Å². The van der Waals surface area contributed by atoms with Crippen molar-refractivity contribution in [1.29, 1.82) is 0 Å². The molecule has 2 atom stereocenters. The number of halogens is 1. The molecular formula is C22H26FNO3. The van der Waals surface area contributed by atoms with Crippen LogP contribution in [0.25, 0.3) is 0 Å². The Bertz CT molecular complexity index is 817. The van der Waals surface area contributed by atoms with Gasteiger partial charge in [-0.25, -0.2) is 4.39 Å². The summed E-state index contributed by atoms with van der Waals surface area (Å²) in [5, 5.41) is 14.1. The van der Waals surface area contributed by atoms with Gasteiger partial charge in [-0.2, -0.15) is 0 Å². The molecule has 27 heavy (non-hydrogen) atoms. The lowest BCUT2D eigenvalue weighted by atomic mass is 9.85. The molecule has 0 radical (unpaired) electrons. The summed E-state index contributed by atoms with van der Waals surface area (Å²) >= 11 is 0. The van der Waals surface area contributed by atoms with Gasteiger partial charge in [0.25, 0.3) is 0 Å². The van der Waals surface area contributed by atoms with Gasteiger partial charge in [0.2, 0.25) is 0 Å². The van der Waals surface area contributed by atoms with Crippen molar-refractivity contribution >= 4 is 5.78 Å². The first-order valence-electron chi connectivity index (χ1n) is 9.34. The molecule has 0 unspecified atom stereocenters. The number of rotatable bonds is 6. The molecule has 0 bridgehead atoms. The number of nitrogens with one attached hydrogen (secondary N) is 1. The van der Waals surface area contributed by atoms with E-state index < -0.39 is 11.7 Å². The number of benzene rings is 2. The molecular weight excluding hydrogens is 345 g/mol. The van der Waals surface area contributed by atoms with Gasteiger partial charge in [-0.15, -0.1) is 0 Å². The summed E-state index contributed by atoms with van der Waals surface area (Å²) in [5.41, 5.74) is 1.83. The zero-order valence-electron chi connectivity index (χ0n) is 16.0. The molecule has 3 rings (SSSR count). The first-order chi connectivity index (χ1) is 12.8. The summed E-state index contributed by atoms with van der Waals surface area (Å²) in [7, 11) is 0. The van der Waals surface area contributed by atoms with Crippen LogP contribution in [0.4, 0.5) is 4.39 Å². The minimum atomic E-state index is -0.752. The van der Waals surface area contributed by atoms with Crippen LogP contribution in [0.3, 0.4) is 0 Å². The Labute approximate surface area is 159 Å². The molecule has 2 aromatic carbocycles. The lowest BCUT2D eigenvalue weighted by molar-refractivity contribution is -0.0644. The molecule has 2 N–H and O–H groups in total. The van der Waals surface area contributed by atoms with Crippen LogP contribution in [-0.4, -0.2) is 29.1 Å². The Kier molecular flexibility index (Phi) is 5.63. The van der Waals surface area contributed by atoms with Crippen LogP contribution in [0.1, 0.15) is 54.7 Å². The maximum Gasteiger partial charge on any atom is 0.164 e. The standard InChI is InChI=1S/C22H26FNO3/c1-4-14-5-10-19-17(13-14)20(21(26)22(2,3)27-19)24-12-11-18(25)15-6-8-16(23)9-7-15/h5-10,13,20-21,24,26H,4,11-12H2,1-3H3/t20-,21+/m0/s1. The van der Waals surface area contributed by atoms with Crippen molar-refractivity contribution in [2.24, 2.45) is 0 Å². The number of hydrogen-bond acceptors (Lipinski definition) is 4. The Balaban J connectivity index is 1.73. The molecule has 0 fully saturated rings. The summed E-state index contributed by atoms with van der Waals surface area (Å²) in [6, 6.07) is 11.3. The second-order valence-electron chi connectivity index (χ2n) is 7.49. The fourth-order valence-corrected chi connectivity index (χ4v) is 3.41. The number of Topliss-reactive ketones (excluding diaryl/α,β-unsaturated/α-hetero) is 1. The largest absolute Gasteiger partial charge is 0.485 e. The Morgan fingerprint density at radius 2 is 1.93 bits per heavy atom. The molecule has 2 aromatic rings. The van der Waals surface area contributed by atoms with Crippen LogP contribution in [0.15, 0.2) is 42.5 Å². The Hall–Kier alpha value is -2.24. The van der Waals surface area contributed by atoms with Crippen molar-refractivity contribution in [3.05, 3.63) is 65.0 Å². The van der Waals surface area contributed by atoms with E-state index in [0.717, 1.165) is 17.7 Å². The fourth-order valence-electron chi connectivity index (χ4n) is 3.41. The minimum Gasteiger partial charge on any atom is -0.485 e. The normalized spacial score (nSPS) is 20.6. The number of carbonyl (C=O) groups is 1. The monoisotopic (exact) mass is 371 g/mol. The predicted molar refractivity (Wildman–Crippen MR) is 103 cm³/mol. The smallest absolute Gasteiger partial charge is 0.164 e. The zero-order chi connectivity index (χ0) is 19.6. The van der Waals surface area contributed by atoms with E-state index in [9.17, 15) is 14.3 Å². The highest BCUT2D eigenvalue weighted by molar-refractivity contribution is 5.96. The zero-order valence-corrected chi connectivity index (χ0v) is 16.0. The number of ether oxygens (including phenoxy) is 1. The molecule has 0 spiro atoms. The molecule has 0 amide bonds. The van der Waals surface area contributed by atoms with Gasteiger partial charge < -0.3 is 15.2 Å². The molecule has 4 nitrogen and oxygen atoms in total. The summed E-state index contributed by atoms with van der Waals surface area (Å²) in [5.74, 6) is 0.330. The van der Waals surface area contributed by atoms with Gasteiger partial charge in [-0.1, -0.05) is 19.1 Å². The van der Waals surface area contributed by atoms with Gasteiger partial charge in [-0.05, 0) is 56.2 Å². The average Bonchev–Trinajstić information content (AvgIpc) is 2.64. The van der Waals surface area contributed by atoms with Crippen LogP contribution in [0, 0.1) is 5.82 Å². The third kappa shape index (κ3) is 4.20. The number of fused-ring (bicyclic) bond motifs is 1. The van der Waals surface area contributed by atoms with Crippen LogP contribution >= 0.6 is 0 Å². The van der Waals surface area contributed by atoms with Gasteiger partial charge in [0, 0.05) is 24.1 Å². The van der Waals surface area contributed by atoms with Gasteiger partial charge in [0.05, 0.1) is 6.04 Å². The van der Waals surface area contributed by atoms with E-state index >= 15 is 0 Å². The van der Waals surface area contributed by atoms with Crippen molar-refractivity contribution < 1.29 is 19.0 Å². The van der Waals surface area contributed by atoms with Crippen molar-refractivity contribution in [3.63, 3.8) is 0 Å². The van der Waals surface area contributed by atoms with Crippen LogP contribution < -0.4 is 10.1 Å². The Morgan fingerprint density at radius 3 is 2.59 bits per heavy atom. The van der Waals surface area contributed by atoms with Gasteiger partial charge in [0.15, 0.2) is 5.78 Å². The molecule has 5 heteroatoms. The first kappa shape index (κ1) is 19.5. The number of hydrogen-bond donors (Lipinski definition) is 2. The molecule has 0 aromatic heterocycles. The second kappa shape index (κ2) is 7.79. The quantitative estimate of drug-likeness (QED) is 0.758. The van der Waals surface area contributed by atoms with E-state index in [0.29, 0.717) is 12.1 Å². The molecule has 0 aliphatic carbocycles. The van der Waals surface area contributed by atoms with E-state index in [2.05, 4.69) is 12.2 Å². The number of aliphatic hydroxyl groups excluding tert-OH is 1. The third-order valence-electron chi connectivity index (χ3n) is 5.10. The van der Waals surface area contributed by atoms with E-state index in [-0.39, 0.29) is 24.1 Å². The van der Waals surface area contributed by atoms with E-state index in [4.69, 9.17) is 4.74 Å². The maximum absolute atomic E-state index is 13.0. The van der Waals surface area contributed by atoms with E-state index in [1.807, 2.05) is 32.0 Å². The SMILES string of the molecule is CCc1ccc2c(c1)[C@H](NCCC(=O)c1ccc(F)cc1)[C@@H](O)C(C)(C)O2. The number of aryl methyl sites for hydroxylation is 1. The maximum atomic E-state index is 13.0. The molecule has 1 aliphatic rings. The number of ketones is 1. The average molecular weight is 371 g/mol. The van der Waals surface area contributed by atoms with E-state index in [1.165, 1.54) is 29.8 Å². The van der Waals surface area contributed by atoms with Gasteiger partial charge in [0.1, 0.15) is 23.3 Å². The molecule has 0 saturated heterocycles. The van der Waals surface area contributed by atoms with Crippen molar-refractivity contribution in [1.82, 2.24) is 5.32 Å². The van der Waals surface area contributed by atoms with Crippen LogP contribution in [0.5, 0.6) is 5.75 Å². The minimum absolute atomic E-state index is 0.0640. The Morgan fingerprint density at radius 1 is 1.22 bits per heavy atom. The fraction of sp³-hybridized carbons (Fsp3) is 0.409. The third-order valence-corrected chi connectivity index (χ3v) is 5.10. The summed E-state index contributed by atoms with van der Waals surface area (Å²) < 4.78 is 19.0. The van der Waals surface area contributed by atoms with Crippen LogP contribution in [0.2, 0.25) is 0 Å².